The highest BCUT2D eigenvalue weighted by atomic mass is 35.5. The Morgan fingerprint density at radius 1 is 0.490 bits per heavy atom. The van der Waals surface area contributed by atoms with Crippen molar-refractivity contribution in [3.63, 3.8) is 0 Å². The third kappa shape index (κ3) is 16.3. The molecule has 0 spiro atoms. The zero-order valence-electron chi connectivity index (χ0n) is 58.6. The van der Waals surface area contributed by atoms with E-state index < -0.39 is 35.5 Å². The molecule has 0 radical (unpaired) electrons. The highest BCUT2D eigenvalue weighted by molar-refractivity contribution is 6.31. The van der Waals surface area contributed by atoms with Gasteiger partial charge in [0.05, 0.1) is 36.1 Å². The first-order valence-corrected chi connectivity index (χ1v) is 36.4. The summed E-state index contributed by atoms with van der Waals surface area (Å²) in [4.78, 5) is 88.3. The molecule has 100 heavy (non-hydrogen) atoms. The Morgan fingerprint density at radius 3 is 1.29 bits per heavy atom. The first-order chi connectivity index (χ1) is 48.1. The number of benzene rings is 4. The van der Waals surface area contributed by atoms with Crippen LogP contribution in [0.3, 0.4) is 0 Å². The molecule has 4 aromatic heterocycles. The van der Waals surface area contributed by atoms with Crippen LogP contribution in [-0.4, -0.2) is 171 Å². The number of rotatable bonds is 12. The molecule has 4 fully saturated rings. The summed E-state index contributed by atoms with van der Waals surface area (Å²) < 4.78 is 16.1. The molecule has 8 aromatic rings. The van der Waals surface area contributed by atoms with E-state index in [-0.39, 0.29) is 34.7 Å². The highest BCUT2D eigenvalue weighted by Gasteiger charge is 2.49. The Bertz CT molecular complexity index is 3880. The van der Waals surface area contributed by atoms with Gasteiger partial charge in [0, 0.05) is 137 Å². The van der Waals surface area contributed by atoms with E-state index in [9.17, 15) is 9.59 Å². The second-order valence-electron chi connectivity index (χ2n) is 30.5. The number of fused-ring (bicyclic) bond motifs is 4. The van der Waals surface area contributed by atoms with Crippen molar-refractivity contribution < 1.29 is 28.7 Å². The van der Waals surface area contributed by atoms with Crippen LogP contribution in [0.4, 0.5) is 9.59 Å². The van der Waals surface area contributed by atoms with E-state index >= 15 is 9.59 Å². The van der Waals surface area contributed by atoms with Gasteiger partial charge in [-0.1, -0.05) is 108 Å². The van der Waals surface area contributed by atoms with Crippen LogP contribution in [-0.2, 0) is 70.7 Å². The number of hydrogen-bond acceptors (Lipinski definition) is 12. The summed E-state index contributed by atoms with van der Waals surface area (Å²) >= 11 is 13.0. The lowest BCUT2D eigenvalue weighted by molar-refractivity contribution is -0.144. The second-order valence-corrected chi connectivity index (χ2v) is 31.4. The fourth-order valence-electron chi connectivity index (χ4n) is 16.5. The monoisotopic (exact) mass is 1390 g/mol. The maximum atomic E-state index is 15.0. The van der Waals surface area contributed by atoms with Gasteiger partial charge in [0.2, 0.25) is 11.8 Å². The average molecular weight is 1390 g/mol. The van der Waals surface area contributed by atoms with Crippen LogP contribution in [0, 0.1) is 10.8 Å². The van der Waals surface area contributed by atoms with Crippen molar-refractivity contribution in [2.24, 2.45) is 10.8 Å². The molecule has 2 unspecified atom stereocenters. The predicted octanol–water partition coefficient (Wildman–Crippen LogP) is 13.2. The molecule has 0 saturated carbocycles. The van der Waals surface area contributed by atoms with E-state index in [4.69, 9.17) is 42.6 Å². The van der Waals surface area contributed by atoms with Gasteiger partial charge in [0.15, 0.2) is 0 Å². The molecule has 14 rings (SSSR count). The van der Waals surface area contributed by atoms with E-state index in [1.807, 2.05) is 138 Å². The Labute approximate surface area is 598 Å². The Balaban J connectivity index is 0.000000179. The number of ether oxygens (including phenoxy) is 2. The molecule has 524 valence electrons. The molecule has 6 atom stereocenters. The highest BCUT2D eigenvalue weighted by Crippen LogP contribution is 2.43. The molecule has 4 saturated heterocycles. The fourth-order valence-corrected chi connectivity index (χ4v) is 16.9. The summed E-state index contributed by atoms with van der Waals surface area (Å²) in [6, 6.07) is 39.8. The Morgan fingerprint density at radius 2 is 0.900 bits per heavy atom. The number of carbonyl (C=O) groups excluding carboxylic acids is 4. The Hall–Kier alpha value is -8.42. The van der Waals surface area contributed by atoms with Gasteiger partial charge in [-0.25, -0.2) is 19.6 Å². The zero-order valence-corrected chi connectivity index (χ0v) is 60.1. The molecule has 4 amide bonds. The van der Waals surface area contributed by atoms with Crippen LogP contribution < -0.4 is 0 Å². The minimum absolute atomic E-state index is 0.0328. The van der Waals surface area contributed by atoms with Crippen molar-refractivity contribution in [2.75, 3.05) is 65.4 Å². The summed E-state index contributed by atoms with van der Waals surface area (Å²) in [6.45, 7) is 17.8. The first kappa shape index (κ1) is 70.0. The summed E-state index contributed by atoms with van der Waals surface area (Å²) in [5.74, 6) is -0.0657. The van der Waals surface area contributed by atoms with Gasteiger partial charge in [-0.05, 0) is 187 Å². The molecule has 4 aliphatic heterocycles. The third-order valence-electron chi connectivity index (χ3n) is 20.8. The zero-order chi connectivity index (χ0) is 69.8. The van der Waals surface area contributed by atoms with Crippen LogP contribution in [0.5, 0.6) is 0 Å². The number of nitrogens with zero attached hydrogens (tertiary/aromatic N) is 12. The van der Waals surface area contributed by atoms with Crippen LogP contribution >= 0.6 is 23.2 Å². The molecular formula is C80H94Cl2N12O6. The number of imidazole rings is 2. The number of halogens is 2. The summed E-state index contributed by atoms with van der Waals surface area (Å²) in [6.07, 6.45) is 23.0. The summed E-state index contributed by atoms with van der Waals surface area (Å²) in [5.41, 5.74) is 9.84. The van der Waals surface area contributed by atoms with Gasteiger partial charge in [-0.2, -0.15) is 0 Å². The first-order valence-electron chi connectivity index (χ1n) is 35.6. The summed E-state index contributed by atoms with van der Waals surface area (Å²) in [5, 5.41) is 1.42. The SMILES string of the molecule is CC(C)(C)OC(=O)N1CCN([C@@H]2c3ccc(Cl)cc3CCc3cccnc32)C[C@@H]1C(=O)N1CCCC(Cc2ccccc2)(Cn2ccnc2)C1.CC(C)(C)OC(=O)N1CCN([C@H]2c3ccc(Cl)cc3CCc3cccnc32)C[C@@H]1C(=O)N1CCCC(Cc2ccccc2)(Cn2ccnc2)C1. The average Bonchev–Trinajstić information content (AvgIpc) is 1.19. The minimum atomic E-state index is -0.717. The van der Waals surface area contributed by atoms with Gasteiger partial charge >= 0.3 is 12.2 Å². The molecular weight excluding hydrogens is 1300 g/mol. The molecule has 20 heteroatoms. The standard InChI is InChI=1S/2C40H47ClN6O3/c2*1-39(2,3)50-38(49)47-22-21-45(36-33-15-14-32(41)23-31(33)13-12-30-11-7-17-43-35(30)36)25-34(47)37(48)46-19-8-16-40(27-46,26-44-20-18-42-28-44)24-29-9-5-4-6-10-29/h2*4-7,9-11,14-15,17-18,20,23,28,34,36H,8,12-13,16,19,21-22,24-27H2,1-3H3/t34-,36+,40?;34-,36-,40?/m11/s1. The van der Waals surface area contributed by atoms with Gasteiger partial charge in [-0.15, -0.1) is 0 Å². The van der Waals surface area contributed by atoms with E-state index in [2.05, 4.69) is 114 Å². The van der Waals surface area contributed by atoms with Crippen molar-refractivity contribution in [2.45, 2.75) is 154 Å². The lowest BCUT2D eigenvalue weighted by Gasteiger charge is -2.48. The van der Waals surface area contributed by atoms with E-state index in [1.165, 1.54) is 33.4 Å². The number of piperidine rings is 2. The second kappa shape index (κ2) is 30.0. The topological polar surface area (TPSA) is 168 Å². The van der Waals surface area contributed by atoms with E-state index in [0.29, 0.717) is 75.5 Å². The van der Waals surface area contributed by atoms with Crippen molar-refractivity contribution >= 4 is 47.2 Å². The van der Waals surface area contributed by atoms with Gasteiger partial charge < -0.3 is 28.4 Å². The minimum Gasteiger partial charge on any atom is -0.444 e. The number of hydrogen-bond donors (Lipinski definition) is 0. The molecule has 0 bridgehead atoms. The quantitative estimate of drug-likeness (QED) is 0.114. The number of aromatic nitrogens is 6. The molecule has 6 aliphatic rings. The maximum Gasteiger partial charge on any atom is 0.411 e. The van der Waals surface area contributed by atoms with Gasteiger partial charge in [0.25, 0.3) is 0 Å². The number of aryl methyl sites for hydroxylation is 4. The van der Waals surface area contributed by atoms with Crippen LogP contribution in [0.25, 0.3) is 0 Å². The van der Waals surface area contributed by atoms with Crippen molar-refractivity contribution in [3.05, 3.63) is 237 Å². The van der Waals surface area contributed by atoms with Gasteiger partial charge in [0.1, 0.15) is 23.3 Å². The number of carbonyl (C=O) groups is 4. The van der Waals surface area contributed by atoms with Gasteiger partial charge in [-0.3, -0.25) is 39.2 Å². The number of pyridine rings is 2. The number of amides is 4. The normalized spacial score (nSPS) is 22.7. The van der Waals surface area contributed by atoms with Crippen molar-refractivity contribution in [1.82, 2.24) is 58.5 Å². The molecule has 0 N–H and O–H groups in total. The Kier molecular flexibility index (Phi) is 21.0. The molecule has 2 aliphatic carbocycles. The largest absolute Gasteiger partial charge is 0.444 e. The lowest BCUT2D eigenvalue weighted by Crippen LogP contribution is -2.63. The third-order valence-corrected chi connectivity index (χ3v) is 21.3. The number of piperazine rings is 2. The van der Waals surface area contributed by atoms with E-state index in [0.717, 1.165) is 99.8 Å². The predicted molar refractivity (Wildman–Crippen MR) is 388 cm³/mol. The van der Waals surface area contributed by atoms with E-state index in [1.54, 1.807) is 9.80 Å². The molecule has 18 nitrogen and oxygen atoms in total. The van der Waals surface area contributed by atoms with Crippen molar-refractivity contribution in [1.29, 1.82) is 0 Å². The lowest BCUT2D eigenvalue weighted by atomic mass is 9.74. The van der Waals surface area contributed by atoms with Crippen LogP contribution in [0.1, 0.15) is 135 Å². The number of likely N-dealkylation sites (tertiary alicyclic amines) is 2. The van der Waals surface area contributed by atoms with Crippen LogP contribution in [0.2, 0.25) is 10.0 Å². The molecule has 4 aromatic carbocycles. The fraction of sp³-hybridized carbons (Fsp3) is 0.450. The smallest absolute Gasteiger partial charge is 0.411 e. The van der Waals surface area contributed by atoms with Crippen molar-refractivity contribution in [3.8, 4) is 0 Å². The maximum absolute atomic E-state index is 15.0. The van der Waals surface area contributed by atoms with Crippen LogP contribution in [0.15, 0.2) is 171 Å². The summed E-state index contributed by atoms with van der Waals surface area (Å²) in [7, 11) is 0. The molecule has 8 heterocycles.